The molecule has 1 aliphatic heterocycles. The van der Waals surface area contributed by atoms with E-state index in [0.717, 1.165) is 17.4 Å². The van der Waals surface area contributed by atoms with Crippen molar-refractivity contribution in [3.63, 3.8) is 0 Å². The van der Waals surface area contributed by atoms with Crippen molar-refractivity contribution in [3.8, 4) is 0 Å². The molecule has 0 aromatic heterocycles. The minimum Gasteiger partial charge on any atom is -0.331 e. The van der Waals surface area contributed by atoms with Gasteiger partial charge in [-0.2, -0.15) is 0 Å². The maximum absolute atomic E-state index is 12.5. The van der Waals surface area contributed by atoms with E-state index in [1.807, 2.05) is 0 Å². The molecule has 0 radical (unpaired) electrons. The van der Waals surface area contributed by atoms with Crippen LogP contribution in [0.5, 0.6) is 0 Å². The Morgan fingerprint density at radius 1 is 1.09 bits per heavy atom. The molecular formula is C15H19Cl3N3O2+. The van der Waals surface area contributed by atoms with Gasteiger partial charge >= 0.3 is 6.03 Å². The number of halogens is 3. The van der Waals surface area contributed by atoms with Gasteiger partial charge in [0.1, 0.15) is 6.04 Å². The summed E-state index contributed by atoms with van der Waals surface area (Å²) in [6.45, 7) is 1.23. The van der Waals surface area contributed by atoms with Crippen LogP contribution in [0.4, 0.5) is 4.79 Å². The zero-order chi connectivity index (χ0) is 17.4. The van der Waals surface area contributed by atoms with Crippen LogP contribution in [-0.4, -0.2) is 55.6 Å². The summed E-state index contributed by atoms with van der Waals surface area (Å²) < 4.78 is 0.770. The van der Waals surface area contributed by atoms with E-state index in [9.17, 15) is 9.59 Å². The van der Waals surface area contributed by atoms with Crippen LogP contribution in [0.1, 0.15) is 18.0 Å². The molecule has 1 heterocycles. The van der Waals surface area contributed by atoms with Crippen molar-refractivity contribution in [2.45, 2.75) is 12.5 Å². The van der Waals surface area contributed by atoms with E-state index in [4.69, 9.17) is 34.8 Å². The van der Waals surface area contributed by atoms with E-state index in [-0.39, 0.29) is 10.9 Å². The van der Waals surface area contributed by atoms with Gasteiger partial charge in [0.15, 0.2) is 0 Å². The molecule has 126 valence electrons. The van der Waals surface area contributed by atoms with E-state index in [0.29, 0.717) is 22.2 Å². The van der Waals surface area contributed by atoms with Gasteiger partial charge in [-0.1, -0.05) is 34.8 Å². The van der Waals surface area contributed by atoms with Crippen LogP contribution in [-0.2, 0) is 4.79 Å². The highest BCUT2D eigenvalue weighted by Crippen LogP contribution is 2.34. The Morgan fingerprint density at radius 3 is 2.30 bits per heavy atom. The number of nitrogens with zero attached hydrogens (tertiary/aromatic N) is 2. The number of carbonyl (C=O) groups is 2. The average Bonchev–Trinajstić information content (AvgIpc) is 2.69. The van der Waals surface area contributed by atoms with Gasteiger partial charge in [0.2, 0.25) is 0 Å². The highest BCUT2D eigenvalue weighted by atomic mass is 35.5. The van der Waals surface area contributed by atoms with Crippen LogP contribution in [0.25, 0.3) is 0 Å². The van der Waals surface area contributed by atoms with Crippen molar-refractivity contribution in [1.29, 1.82) is 0 Å². The summed E-state index contributed by atoms with van der Waals surface area (Å²) in [5.74, 6) is -0.323. The smallest absolute Gasteiger partial charge is 0.325 e. The lowest BCUT2D eigenvalue weighted by Gasteiger charge is -2.24. The molecule has 1 N–H and O–H groups in total. The summed E-state index contributed by atoms with van der Waals surface area (Å²) in [5.41, 5.74) is 0.452. The molecule has 0 spiro atoms. The van der Waals surface area contributed by atoms with E-state index < -0.39 is 12.1 Å². The van der Waals surface area contributed by atoms with Crippen LogP contribution in [0, 0.1) is 0 Å². The number of carbonyl (C=O) groups excluding carboxylic acids is 2. The van der Waals surface area contributed by atoms with Crippen LogP contribution >= 0.6 is 34.8 Å². The van der Waals surface area contributed by atoms with Gasteiger partial charge in [-0.25, -0.2) is 4.79 Å². The summed E-state index contributed by atoms with van der Waals surface area (Å²) in [6, 6.07) is 1.75. The molecule has 1 aliphatic rings. The lowest BCUT2D eigenvalue weighted by Crippen LogP contribution is -2.39. The largest absolute Gasteiger partial charge is 0.331 e. The Hall–Kier alpha value is -1.01. The topological polar surface area (TPSA) is 49.4 Å². The monoisotopic (exact) mass is 378 g/mol. The quantitative estimate of drug-likeness (QED) is 0.484. The molecule has 0 bridgehead atoms. The Morgan fingerprint density at radius 2 is 1.70 bits per heavy atom. The first-order valence-electron chi connectivity index (χ1n) is 7.17. The molecule has 1 unspecified atom stereocenters. The molecule has 1 atom stereocenters. The highest BCUT2D eigenvalue weighted by Gasteiger charge is 2.39. The van der Waals surface area contributed by atoms with Gasteiger partial charge in [0.25, 0.3) is 5.91 Å². The number of hydrogen-bond acceptors (Lipinski definition) is 2. The van der Waals surface area contributed by atoms with Crippen molar-refractivity contribution in [2.75, 3.05) is 34.2 Å². The third-order valence-corrected chi connectivity index (χ3v) is 4.64. The number of hydrogen-bond donors (Lipinski definition) is 1. The number of urea groups is 1. The molecular weight excluding hydrogens is 361 g/mol. The fourth-order valence-electron chi connectivity index (χ4n) is 2.40. The second-order valence-electron chi connectivity index (χ2n) is 6.53. The van der Waals surface area contributed by atoms with Gasteiger partial charge in [0.05, 0.1) is 37.7 Å². The maximum Gasteiger partial charge on any atom is 0.325 e. The molecule has 1 aromatic rings. The van der Waals surface area contributed by atoms with Gasteiger partial charge in [0, 0.05) is 23.6 Å². The molecule has 5 nitrogen and oxygen atoms in total. The predicted molar refractivity (Wildman–Crippen MR) is 92.0 cm³/mol. The first kappa shape index (κ1) is 18.3. The molecule has 0 saturated carbocycles. The van der Waals surface area contributed by atoms with E-state index in [1.54, 1.807) is 0 Å². The van der Waals surface area contributed by atoms with Gasteiger partial charge in [-0.15, -0.1) is 0 Å². The van der Waals surface area contributed by atoms with Crippen LogP contribution < -0.4 is 5.32 Å². The van der Waals surface area contributed by atoms with Crippen molar-refractivity contribution in [1.82, 2.24) is 10.2 Å². The molecule has 23 heavy (non-hydrogen) atoms. The predicted octanol–water partition coefficient (Wildman–Crippen LogP) is 3.34. The third kappa shape index (κ3) is 4.29. The molecule has 2 rings (SSSR count). The first-order chi connectivity index (χ1) is 10.6. The molecule has 0 aliphatic carbocycles. The Kier molecular flexibility index (Phi) is 5.46. The number of imide groups is 1. The lowest BCUT2D eigenvalue weighted by atomic mass is 10.1. The number of amides is 3. The van der Waals surface area contributed by atoms with Crippen molar-refractivity contribution in [2.24, 2.45) is 0 Å². The zero-order valence-corrected chi connectivity index (χ0v) is 15.5. The Labute approximate surface area is 150 Å². The van der Waals surface area contributed by atoms with Gasteiger partial charge in [-0.3, -0.25) is 9.69 Å². The zero-order valence-electron chi connectivity index (χ0n) is 13.2. The fraction of sp³-hybridized carbons (Fsp3) is 0.467. The molecule has 1 aromatic carbocycles. The highest BCUT2D eigenvalue weighted by molar-refractivity contribution is 6.43. The summed E-state index contributed by atoms with van der Waals surface area (Å²) in [7, 11) is 6.18. The van der Waals surface area contributed by atoms with Crippen molar-refractivity contribution < 1.29 is 14.1 Å². The molecule has 8 heteroatoms. The number of nitrogens with one attached hydrogen (secondary N) is 1. The van der Waals surface area contributed by atoms with Crippen LogP contribution in [0.3, 0.4) is 0 Å². The van der Waals surface area contributed by atoms with E-state index in [1.165, 1.54) is 17.0 Å². The number of rotatable bonds is 5. The normalized spacial score (nSPS) is 18.5. The summed E-state index contributed by atoms with van der Waals surface area (Å²) in [4.78, 5) is 25.8. The Bertz CT molecular complexity index is 644. The minimum absolute atomic E-state index is 0.289. The van der Waals surface area contributed by atoms with E-state index >= 15 is 0 Å². The second kappa shape index (κ2) is 6.85. The summed E-state index contributed by atoms with van der Waals surface area (Å²) in [5, 5.41) is 3.54. The summed E-state index contributed by atoms with van der Waals surface area (Å²) in [6.07, 6.45) is 0.727. The van der Waals surface area contributed by atoms with E-state index in [2.05, 4.69) is 26.5 Å². The third-order valence-electron chi connectivity index (χ3n) is 3.59. The van der Waals surface area contributed by atoms with Crippen molar-refractivity contribution in [3.05, 3.63) is 32.8 Å². The van der Waals surface area contributed by atoms with Crippen LogP contribution in [0.15, 0.2) is 12.1 Å². The number of quaternary nitrogens is 1. The first-order valence-corrected chi connectivity index (χ1v) is 8.30. The molecule has 1 fully saturated rings. The van der Waals surface area contributed by atoms with Gasteiger partial charge < -0.3 is 9.80 Å². The lowest BCUT2D eigenvalue weighted by molar-refractivity contribution is -0.870. The SMILES string of the molecule is C[N+](C)(C)CCCN1C(=O)NC(c2cc(Cl)c(Cl)cc2Cl)C1=O. The summed E-state index contributed by atoms with van der Waals surface area (Å²) >= 11 is 18.0. The molecule has 1 saturated heterocycles. The minimum atomic E-state index is -0.825. The fourth-order valence-corrected chi connectivity index (χ4v) is 3.07. The van der Waals surface area contributed by atoms with Crippen LogP contribution in [0.2, 0.25) is 15.1 Å². The standard InChI is InChI=1S/C15H18Cl3N3O2/c1-21(2,3)6-4-5-20-14(22)13(19-15(20)23)9-7-11(17)12(18)8-10(9)16/h7-8,13H,4-6H2,1-3H3/p+1. The van der Waals surface area contributed by atoms with Crippen molar-refractivity contribution >= 4 is 46.7 Å². The second-order valence-corrected chi connectivity index (χ2v) is 7.75. The van der Waals surface area contributed by atoms with Gasteiger partial charge in [-0.05, 0) is 12.1 Å². The maximum atomic E-state index is 12.5. The molecule has 3 amide bonds. The number of benzene rings is 1. The Balaban J connectivity index is 2.14. The average molecular weight is 380 g/mol.